The van der Waals surface area contributed by atoms with E-state index >= 15 is 0 Å². The van der Waals surface area contributed by atoms with Crippen molar-refractivity contribution in [3.8, 4) is 39.1 Å². The molecule has 3 heteroatoms. The first kappa shape index (κ1) is 29.2. The Hall–Kier alpha value is -6.71. The Kier molecular flexibility index (Phi) is 6.88. The molecule has 0 amide bonds. The second-order valence-electron chi connectivity index (χ2n) is 13.2. The maximum absolute atomic E-state index is 4.40. The minimum atomic E-state index is 0.857. The van der Waals surface area contributed by atoms with Crippen LogP contribution in [0.25, 0.3) is 88.0 Å². The molecule has 0 radical (unpaired) electrons. The van der Waals surface area contributed by atoms with Crippen LogP contribution < -0.4 is 5.32 Å². The van der Waals surface area contributed by atoms with Crippen LogP contribution in [0, 0.1) is 0 Å². The number of benzene rings is 7. The summed E-state index contributed by atoms with van der Waals surface area (Å²) in [5.41, 5.74) is 13.1. The van der Waals surface area contributed by atoms with Gasteiger partial charge in [-0.1, -0.05) is 133 Å². The maximum Gasteiger partial charge on any atom is 0.0619 e. The van der Waals surface area contributed by atoms with Crippen LogP contribution in [0.15, 0.2) is 182 Å². The van der Waals surface area contributed by atoms with E-state index in [4.69, 9.17) is 0 Å². The van der Waals surface area contributed by atoms with Gasteiger partial charge >= 0.3 is 0 Å². The van der Waals surface area contributed by atoms with Crippen molar-refractivity contribution in [2.75, 3.05) is 6.54 Å². The van der Waals surface area contributed by atoms with Gasteiger partial charge in [-0.15, -0.1) is 0 Å². The van der Waals surface area contributed by atoms with Gasteiger partial charge in [-0.3, -0.25) is 4.98 Å². The topological polar surface area (TPSA) is 29.9 Å². The molecule has 51 heavy (non-hydrogen) atoms. The lowest BCUT2D eigenvalue weighted by Crippen LogP contribution is -2.09. The molecule has 0 fully saturated rings. The third-order valence-electron chi connectivity index (χ3n) is 10.3. The van der Waals surface area contributed by atoms with Crippen LogP contribution in [-0.2, 0) is 0 Å². The Morgan fingerprint density at radius 3 is 1.98 bits per heavy atom. The van der Waals surface area contributed by atoms with Crippen molar-refractivity contribution in [2.24, 2.45) is 0 Å². The molecule has 0 saturated heterocycles. The molecule has 3 heterocycles. The monoisotopic (exact) mass is 651 g/mol. The summed E-state index contributed by atoms with van der Waals surface area (Å²) < 4.78 is 2.48. The third-order valence-corrected chi connectivity index (χ3v) is 10.3. The predicted molar refractivity (Wildman–Crippen MR) is 215 cm³/mol. The van der Waals surface area contributed by atoms with Gasteiger partial charge in [0.05, 0.1) is 11.0 Å². The molecule has 0 saturated carbocycles. The summed E-state index contributed by atoms with van der Waals surface area (Å²) in [6.07, 6.45) is 10.3. The summed E-state index contributed by atoms with van der Waals surface area (Å²) in [4.78, 5) is 4.40. The molecule has 0 spiro atoms. The van der Waals surface area contributed by atoms with Crippen molar-refractivity contribution in [1.29, 1.82) is 0 Å². The van der Waals surface area contributed by atoms with Crippen LogP contribution in [0.4, 0.5) is 0 Å². The number of allylic oxidation sites excluding steroid dienone is 2. The zero-order valence-electron chi connectivity index (χ0n) is 27.9. The van der Waals surface area contributed by atoms with E-state index < -0.39 is 0 Å². The molecule has 0 aliphatic carbocycles. The third kappa shape index (κ3) is 4.94. The van der Waals surface area contributed by atoms with Crippen molar-refractivity contribution < 1.29 is 0 Å². The molecule has 1 aliphatic heterocycles. The molecule has 3 nitrogen and oxygen atoms in total. The zero-order chi connectivity index (χ0) is 33.7. The van der Waals surface area contributed by atoms with Crippen LogP contribution in [0.1, 0.15) is 5.56 Å². The highest BCUT2D eigenvalue weighted by Gasteiger charge is 2.18. The number of fused-ring (bicyclic) bond motifs is 6. The zero-order valence-corrected chi connectivity index (χ0v) is 27.9. The van der Waals surface area contributed by atoms with Crippen LogP contribution in [-0.4, -0.2) is 16.1 Å². The molecule has 0 atom stereocenters. The van der Waals surface area contributed by atoms with Gasteiger partial charge in [0.25, 0.3) is 0 Å². The number of nitrogens with one attached hydrogen (secondary N) is 1. The van der Waals surface area contributed by atoms with Crippen LogP contribution >= 0.6 is 0 Å². The first-order chi connectivity index (χ1) is 25.3. The van der Waals surface area contributed by atoms with E-state index in [0.29, 0.717) is 0 Å². The van der Waals surface area contributed by atoms with Crippen molar-refractivity contribution in [3.05, 3.63) is 188 Å². The largest absolute Gasteiger partial charge is 0.387 e. The summed E-state index contributed by atoms with van der Waals surface area (Å²) in [5, 5.41) is 10.8. The quantitative estimate of drug-likeness (QED) is 0.201. The molecule has 0 bridgehead atoms. The Balaban J connectivity index is 1.23. The normalized spacial score (nSPS) is 12.8. The van der Waals surface area contributed by atoms with Crippen molar-refractivity contribution in [1.82, 2.24) is 14.9 Å². The fourth-order valence-corrected chi connectivity index (χ4v) is 7.89. The Labute approximate surface area is 296 Å². The van der Waals surface area contributed by atoms with Crippen LogP contribution in [0.2, 0.25) is 0 Å². The van der Waals surface area contributed by atoms with Crippen molar-refractivity contribution in [2.45, 2.75) is 0 Å². The van der Waals surface area contributed by atoms with E-state index in [1.54, 1.807) is 0 Å². The van der Waals surface area contributed by atoms with Crippen molar-refractivity contribution in [3.63, 3.8) is 0 Å². The van der Waals surface area contributed by atoms with Gasteiger partial charge in [-0.25, -0.2) is 0 Å². The minimum Gasteiger partial charge on any atom is -0.387 e. The van der Waals surface area contributed by atoms with Gasteiger partial charge in [-0.05, 0) is 85.4 Å². The average Bonchev–Trinajstić information content (AvgIpc) is 3.55. The molecule has 1 N–H and O–H groups in total. The summed E-state index contributed by atoms with van der Waals surface area (Å²) in [5.74, 6) is 0. The van der Waals surface area contributed by atoms with E-state index in [2.05, 4.69) is 179 Å². The first-order valence-electron chi connectivity index (χ1n) is 17.5. The fraction of sp³-hybridized carbons (Fsp3) is 0.0208. The lowest BCUT2D eigenvalue weighted by Gasteiger charge is -2.15. The summed E-state index contributed by atoms with van der Waals surface area (Å²) in [7, 11) is 0. The Morgan fingerprint density at radius 2 is 1.20 bits per heavy atom. The smallest absolute Gasteiger partial charge is 0.0619 e. The van der Waals surface area contributed by atoms with E-state index in [1.165, 1.54) is 82.3 Å². The van der Waals surface area contributed by atoms with E-state index in [9.17, 15) is 0 Å². The highest BCUT2D eigenvalue weighted by molar-refractivity contribution is 6.19. The molecule has 7 aromatic carbocycles. The van der Waals surface area contributed by atoms with Gasteiger partial charge in [0, 0.05) is 52.5 Å². The van der Waals surface area contributed by atoms with Crippen molar-refractivity contribution >= 4 is 48.9 Å². The Bertz CT molecular complexity index is 2860. The molecule has 9 aromatic rings. The second-order valence-corrected chi connectivity index (χ2v) is 13.2. The van der Waals surface area contributed by atoms with Gasteiger partial charge in [0.15, 0.2) is 0 Å². The summed E-state index contributed by atoms with van der Waals surface area (Å²) >= 11 is 0. The highest BCUT2D eigenvalue weighted by atomic mass is 15.0. The lowest BCUT2D eigenvalue weighted by molar-refractivity contribution is 0.977. The molecule has 2 aromatic heterocycles. The van der Waals surface area contributed by atoms with Gasteiger partial charge in [0.1, 0.15) is 0 Å². The lowest BCUT2D eigenvalue weighted by atomic mass is 9.93. The number of hydrogen-bond acceptors (Lipinski definition) is 2. The van der Waals surface area contributed by atoms with Crippen LogP contribution in [0.3, 0.4) is 0 Å². The average molecular weight is 652 g/mol. The minimum absolute atomic E-state index is 0.857. The molecule has 1 aliphatic rings. The summed E-state index contributed by atoms with van der Waals surface area (Å²) in [6, 6.07) is 55.4. The highest BCUT2D eigenvalue weighted by Crippen LogP contribution is 2.41. The Morgan fingerprint density at radius 1 is 0.510 bits per heavy atom. The molecule has 0 unspecified atom stereocenters. The standard InChI is InChI=1S/C48H33N3/c1-2-10-33-28-39(21-17-32(33)9-1)51-47-29-36(41-14-4-6-16-43(41)38-12-8-26-50-31-38)19-23-45(47)46-24-20-35-27-34(18-22-44(35)48(46)51)40-13-3-5-15-42(40)37-11-7-25-49-30-37/h1-25,27-31,50H,26H2. The van der Waals surface area contributed by atoms with E-state index in [0.717, 1.165) is 17.8 Å². The van der Waals surface area contributed by atoms with Gasteiger partial charge in [0.2, 0.25) is 0 Å². The van der Waals surface area contributed by atoms with Gasteiger partial charge < -0.3 is 9.88 Å². The molecule has 10 rings (SSSR count). The van der Waals surface area contributed by atoms with E-state index in [-0.39, 0.29) is 0 Å². The molecule has 240 valence electrons. The maximum atomic E-state index is 4.40. The number of nitrogens with zero attached hydrogens (tertiary/aromatic N) is 2. The number of dihydropyridines is 1. The fourth-order valence-electron chi connectivity index (χ4n) is 7.89. The summed E-state index contributed by atoms with van der Waals surface area (Å²) in [6.45, 7) is 0.857. The number of aromatic nitrogens is 2. The number of pyridine rings is 1. The van der Waals surface area contributed by atoms with Gasteiger partial charge in [-0.2, -0.15) is 0 Å². The number of hydrogen-bond donors (Lipinski definition) is 1. The predicted octanol–water partition coefficient (Wildman–Crippen LogP) is 12.0. The second kappa shape index (κ2) is 12.0. The van der Waals surface area contributed by atoms with Crippen LogP contribution in [0.5, 0.6) is 0 Å². The van der Waals surface area contributed by atoms with E-state index in [1.807, 2.05) is 18.5 Å². The number of rotatable bonds is 5. The SMILES string of the molecule is C1=CC(c2ccccc2-c2ccc3c4ccc5cc(-c6ccccc6-c6cccnc6)ccc5c4n(-c4ccc5ccccc5c4)c3c2)=CNC1. The first-order valence-corrected chi connectivity index (χ1v) is 17.5. The molecular weight excluding hydrogens is 619 g/mol. The molecular formula is C48H33N3.